The summed E-state index contributed by atoms with van der Waals surface area (Å²) >= 11 is 9.68. The van der Waals surface area contributed by atoms with Gasteiger partial charge in [-0.25, -0.2) is 0 Å². The molecule has 3 rings (SSSR count). The molecule has 1 aliphatic heterocycles. The number of hydrogen-bond acceptors (Lipinski definition) is 2. The van der Waals surface area contributed by atoms with Crippen molar-refractivity contribution in [2.45, 2.75) is 13.0 Å². The van der Waals surface area contributed by atoms with Gasteiger partial charge in [-0.15, -0.1) is 0 Å². The van der Waals surface area contributed by atoms with Crippen LogP contribution in [0.3, 0.4) is 0 Å². The Kier molecular flexibility index (Phi) is 3.68. The molecule has 0 saturated heterocycles. The van der Waals surface area contributed by atoms with E-state index in [1.165, 1.54) is 0 Å². The highest BCUT2D eigenvalue weighted by Crippen LogP contribution is 2.33. The maximum atomic E-state index is 11.4. The molecule has 2 aromatic carbocycles. The second-order valence-corrected chi connectivity index (χ2v) is 6.02. The molecular weight excluding hydrogens is 340 g/mol. The number of nitrogens with one attached hydrogen (secondary N) is 2. The van der Waals surface area contributed by atoms with Gasteiger partial charge in [-0.05, 0) is 35.4 Å². The fraction of sp³-hybridized carbons (Fsp3) is 0.133. The maximum absolute atomic E-state index is 11.4. The molecule has 0 atom stereocenters. The van der Waals surface area contributed by atoms with Crippen LogP contribution in [0, 0.1) is 0 Å². The van der Waals surface area contributed by atoms with Crippen LogP contribution in [0.4, 0.5) is 11.4 Å². The van der Waals surface area contributed by atoms with Crippen LogP contribution in [0.15, 0.2) is 40.9 Å². The van der Waals surface area contributed by atoms with Gasteiger partial charge in [-0.1, -0.05) is 39.7 Å². The topological polar surface area (TPSA) is 41.1 Å². The molecule has 3 nitrogen and oxygen atoms in total. The van der Waals surface area contributed by atoms with Crippen LogP contribution in [-0.4, -0.2) is 5.91 Å². The second kappa shape index (κ2) is 5.46. The number of anilines is 2. The molecule has 0 saturated carbocycles. The number of fused-ring (bicyclic) bond motifs is 1. The summed E-state index contributed by atoms with van der Waals surface area (Å²) in [7, 11) is 0. The lowest BCUT2D eigenvalue weighted by atomic mass is 10.1. The summed E-state index contributed by atoms with van der Waals surface area (Å²) in [5.74, 6) is 0.0141. The smallest absolute Gasteiger partial charge is 0.228 e. The molecule has 0 aliphatic carbocycles. The fourth-order valence-corrected chi connectivity index (χ4v) is 2.90. The highest BCUT2D eigenvalue weighted by Gasteiger charge is 2.19. The first-order chi connectivity index (χ1) is 9.61. The van der Waals surface area contributed by atoms with E-state index < -0.39 is 0 Å². The largest absolute Gasteiger partial charge is 0.380 e. The van der Waals surface area contributed by atoms with Gasteiger partial charge in [0.1, 0.15) is 0 Å². The molecule has 1 amide bonds. The van der Waals surface area contributed by atoms with Crippen molar-refractivity contribution in [3.63, 3.8) is 0 Å². The molecule has 0 aromatic heterocycles. The van der Waals surface area contributed by atoms with Crippen LogP contribution in [0.25, 0.3) is 0 Å². The van der Waals surface area contributed by atoms with E-state index in [4.69, 9.17) is 11.6 Å². The Morgan fingerprint density at radius 2 is 2.15 bits per heavy atom. The van der Waals surface area contributed by atoms with Crippen molar-refractivity contribution in [1.29, 1.82) is 0 Å². The van der Waals surface area contributed by atoms with E-state index in [0.29, 0.717) is 18.0 Å². The molecule has 2 aromatic rings. The standard InChI is InChI=1S/C15H12BrClN2O/c16-11-3-1-2-9(4-11)8-18-14-5-10-6-15(20)19-13(10)7-12(14)17/h1-5,7,18H,6,8H2,(H,19,20). The van der Waals surface area contributed by atoms with Crippen LogP contribution in [-0.2, 0) is 17.8 Å². The molecule has 0 unspecified atom stereocenters. The normalized spacial score (nSPS) is 13.0. The summed E-state index contributed by atoms with van der Waals surface area (Å²) in [5, 5.41) is 6.71. The van der Waals surface area contributed by atoms with E-state index in [9.17, 15) is 4.79 Å². The molecule has 20 heavy (non-hydrogen) atoms. The van der Waals surface area contributed by atoms with Gasteiger partial charge in [0, 0.05) is 16.7 Å². The van der Waals surface area contributed by atoms with Gasteiger partial charge in [-0.2, -0.15) is 0 Å². The number of hydrogen-bond donors (Lipinski definition) is 2. The Morgan fingerprint density at radius 3 is 2.95 bits per heavy atom. The van der Waals surface area contributed by atoms with Gasteiger partial charge in [0.2, 0.25) is 5.91 Å². The SMILES string of the molecule is O=C1Cc2cc(NCc3cccc(Br)c3)c(Cl)cc2N1. The molecule has 2 N–H and O–H groups in total. The third kappa shape index (κ3) is 2.81. The Labute approximate surface area is 130 Å². The van der Waals surface area contributed by atoms with Crippen molar-refractivity contribution in [2.24, 2.45) is 0 Å². The van der Waals surface area contributed by atoms with Crippen LogP contribution >= 0.6 is 27.5 Å². The number of carbonyl (C=O) groups excluding carboxylic acids is 1. The summed E-state index contributed by atoms with van der Waals surface area (Å²) in [6.07, 6.45) is 0.415. The minimum Gasteiger partial charge on any atom is -0.380 e. The Balaban J connectivity index is 1.78. The van der Waals surface area contributed by atoms with Crippen LogP contribution in [0.5, 0.6) is 0 Å². The lowest BCUT2D eigenvalue weighted by molar-refractivity contribution is -0.115. The highest BCUT2D eigenvalue weighted by molar-refractivity contribution is 9.10. The van der Waals surface area contributed by atoms with Gasteiger partial charge >= 0.3 is 0 Å². The summed E-state index contributed by atoms with van der Waals surface area (Å²) in [4.78, 5) is 11.4. The van der Waals surface area contributed by atoms with Crippen LogP contribution < -0.4 is 10.6 Å². The summed E-state index contributed by atoms with van der Waals surface area (Å²) in [5.41, 5.74) is 3.80. The molecule has 1 heterocycles. The lowest BCUT2D eigenvalue weighted by Crippen LogP contribution is -2.03. The van der Waals surface area contributed by atoms with E-state index >= 15 is 0 Å². The minimum atomic E-state index is 0.0141. The summed E-state index contributed by atoms with van der Waals surface area (Å²) < 4.78 is 1.05. The average molecular weight is 352 g/mol. The van der Waals surface area contributed by atoms with Gasteiger partial charge in [0.25, 0.3) is 0 Å². The minimum absolute atomic E-state index is 0.0141. The van der Waals surface area contributed by atoms with E-state index in [1.54, 1.807) is 6.07 Å². The number of benzene rings is 2. The molecule has 5 heteroatoms. The van der Waals surface area contributed by atoms with Crippen molar-refractivity contribution in [1.82, 2.24) is 0 Å². The quantitative estimate of drug-likeness (QED) is 0.870. The lowest BCUT2D eigenvalue weighted by Gasteiger charge is -2.11. The molecule has 0 bridgehead atoms. The van der Waals surface area contributed by atoms with Crippen molar-refractivity contribution in [3.8, 4) is 0 Å². The predicted octanol–water partition coefficient (Wildman–Crippen LogP) is 4.21. The molecule has 0 spiro atoms. The summed E-state index contributed by atoms with van der Waals surface area (Å²) in [6, 6.07) is 11.8. The first kappa shape index (κ1) is 13.5. The Morgan fingerprint density at radius 1 is 1.30 bits per heavy atom. The monoisotopic (exact) mass is 350 g/mol. The van der Waals surface area contributed by atoms with Crippen LogP contribution in [0.1, 0.15) is 11.1 Å². The van der Waals surface area contributed by atoms with Crippen molar-refractivity contribution < 1.29 is 4.79 Å². The second-order valence-electron chi connectivity index (χ2n) is 4.70. The van der Waals surface area contributed by atoms with Crippen molar-refractivity contribution in [3.05, 3.63) is 57.0 Å². The van der Waals surface area contributed by atoms with E-state index in [2.05, 4.69) is 32.6 Å². The molecule has 0 fully saturated rings. The Hall–Kier alpha value is -1.52. The van der Waals surface area contributed by atoms with E-state index in [0.717, 1.165) is 27.0 Å². The fourth-order valence-electron chi connectivity index (χ4n) is 2.23. The molecule has 0 radical (unpaired) electrons. The van der Waals surface area contributed by atoms with Gasteiger partial charge < -0.3 is 10.6 Å². The van der Waals surface area contributed by atoms with E-state index in [-0.39, 0.29) is 5.91 Å². The zero-order valence-electron chi connectivity index (χ0n) is 10.5. The van der Waals surface area contributed by atoms with Crippen LogP contribution in [0.2, 0.25) is 5.02 Å². The average Bonchev–Trinajstić information content (AvgIpc) is 2.75. The van der Waals surface area contributed by atoms with Crippen molar-refractivity contribution in [2.75, 3.05) is 10.6 Å². The molecular formula is C15H12BrClN2O. The maximum Gasteiger partial charge on any atom is 0.228 e. The zero-order valence-corrected chi connectivity index (χ0v) is 12.9. The third-order valence-corrected chi connectivity index (χ3v) is 4.00. The van der Waals surface area contributed by atoms with Gasteiger partial charge in [-0.3, -0.25) is 4.79 Å². The predicted molar refractivity (Wildman–Crippen MR) is 85.3 cm³/mol. The number of amides is 1. The first-order valence-electron chi connectivity index (χ1n) is 6.22. The highest BCUT2D eigenvalue weighted by atomic mass is 79.9. The van der Waals surface area contributed by atoms with Gasteiger partial charge in [0.15, 0.2) is 0 Å². The first-order valence-corrected chi connectivity index (χ1v) is 7.39. The molecule has 102 valence electrons. The number of rotatable bonds is 3. The third-order valence-electron chi connectivity index (χ3n) is 3.19. The zero-order chi connectivity index (χ0) is 14.1. The Bertz CT molecular complexity index is 688. The number of halogens is 2. The number of carbonyl (C=O) groups is 1. The van der Waals surface area contributed by atoms with E-state index in [1.807, 2.05) is 24.3 Å². The van der Waals surface area contributed by atoms with Gasteiger partial charge in [0.05, 0.1) is 17.1 Å². The molecule has 1 aliphatic rings. The van der Waals surface area contributed by atoms with Crippen molar-refractivity contribution >= 4 is 44.8 Å². The summed E-state index contributed by atoms with van der Waals surface area (Å²) in [6.45, 7) is 0.680.